The maximum absolute atomic E-state index is 8.33. The van der Waals surface area contributed by atoms with Crippen molar-refractivity contribution in [2.24, 2.45) is 0 Å². The largest absolute Gasteiger partial charge is 3.00 e. The second-order valence-corrected chi connectivity index (χ2v) is 1.25. The third-order valence-corrected chi connectivity index (χ3v) is 0. The summed E-state index contributed by atoms with van der Waals surface area (Å²) >= 11 is 0. The van der Waals surface area contributed by atoms with Gasteiger partial charge in [0.15, 0.2) is 0 Å². The molecule has 0 amide bonds. The van der Waals surface area contributed by atoms with E-state index in [1.807, 2.05) is 0 Å². The van der Waals surface area contributed by atoms with Gasteiger partial charge in [-0.1, -0.05) is 0 Å². The molecule has 0 saturated carbocycles. The Hall–Kier alpha value is -1.08. The SMILES string of the molecule is O=C([O-])[O-].O=C([O-])[O-].O=C([O-])[O-].O=C([O-])[O-].O=C([O-])[O-].[Fe+3].[Fe+3].[Mg+2].[Mg+2]. The third-order valence-electron chi connectivity index (χ3n) is 0. The van der Waals surface area contributed by atoms with Gasteiger partial charge in [0.2, 0.25) is 0 Å². The van der Waals surface area contributed by atoms with Crippen LogP contribution in [-0.4, -0.2) is 76.9 Å². The van der Waals surface area contributed by atoms with Gasteiger partial charge in [0.25, 0.3) is 0 Å². The summed E-state index contributed by atoms with van der Waals surface area (Å²) in [6, 6.07) is 0. The summed E-state index contributed by atoms with van der Waals surface area (Å²) < 4.78 is 0. The number of carbonyl (C=O) groups excluding carboxylic acids is 5. The van der Waals surface area contributed by atoms with E-state index >= 15 is 0 Å². The zero-order valence-corrected chi connectivity index (χ0v) is 15.8. The molecule has 0 aromatic heterocycles. The molecule has 0 aliphatic rings. The van der Waals surface area contributed by atoms with Gasteiger partial charge in [-0.15, -0.1) is 0 Å². The van der Waals surface area contributed by atoms with Gasteiger partial charge in [-0.05, 0) is 30.8 Å². The van der Waals surface area contributed by atoms with E-state index in [-0.39, 0.29) is 80.2 Å². The van der Waals surface area contributed by atoms with Crippen molar-refractivity contribution in [1.29, 1.82) is 0 Å². The van der Waals surface area contributed by atoms with Crippen molar-refractivity contribution in [1.82, 2.24) is 0 Å². The molecule has 0 rings (SSSR count). The quantitative estimate of drug-likeness (QED) is 0.303. The Kier molecular flexibility index (Phi) is 117. The van der Waals surface area contributed by atoms with Crippen molar-refractivity contribution in [3.8, 4) is 0 Å². The summed E-state index contributed by atoms with van der Waals surface area (Å²) in [5.74, 6) is 0. The van der Waals surface area contributed by atoms with Crippen molar-refractivity contribution < 1.29 is 109 Å². The Morgan fingerprint density at radius 1 is 0.333 bits per heavy atom. The topological polar surface area (TPSA) is 316 Å². The van der Waals surface area contributed by atoms with E-state index in [4.69, 9.17) is 75.0 Å². The predicted molar refractivity (Wildman–Crippen MR) is 38.5 cm³/mol. The fraction of sp³-hybridized carbons (Fsp3) is 0. The van der Waals surface area contributed by atoms with E-state index < -0.39 is 30.8 Å². The van der Waals surface area contributed by atoms with Crippen LogP contribution >= 0.6 is 0 Å². The Balaban J connectivity index is -0.0000000161. The van der Waals surface area contributed by atoms with Crippen molar-refractivity contribution in [3.63, 3.8) is 0 Å². The molecule has 130 valence electrons. The molecule has 2 radical (unpaired) electrons. The van der Waals surface area contributed by atoms with Gasteiger partial charge in [0, 0.05) is 0 Å². The Bertz CT molecular complexity index is 221. The van der Waals surface area contributed by atoms with E-state index in [2.05, 4.69) is 0 Å². The van der Waals surface area contributed by atoms with Crippen molar-refractivity contribution >= 4 is 76.9 Å². The molecule has 0 aliphatic heterocycles. The van der Waals surface area contributed by atoms with Crippen LogP contribution in [0.3, 0.4) is 0 Å². The van der Waals surface area contributed by atoms with Crippen molar-refractivity contribution in [2.75, 3.05) is 0 Å². The van der Waals surface area contributed by atoms with Gasteiger partial charge < -0.3 is 75.0 Å². The fourth-order valence-corrected chi connectivity index (χ4v) is 0. The smallest absolute Gasteiger partial charge is 0.652 e. The van der Waals surface area contributed by atoms with E-state index in [0.29, 0.717) is 0 Å². The van der Waals surface area contributed by atoms with E-state index in [1.165, 1.54) is 0 Å². The number of hydrogen-bond donors (Lipinski definition) is 0. The van der Waals surface area contributed by atoms with Crippen LogP contribution in [0.1, 0.15) is 0 Å². The van der Waals surface area contributed by atoms with Gasteiger partial charge in [0.1, 0.15) is 0 Å². The summed E-state index contributed by atoms with van der Waals surface area (Å²) in [7, 11) is 0. The molecule has 0 aromatic rings. The molecule has 0 heterocycles. The molecule has 0 fully saturated rings. The average molecular weight is 460 g/mol. The molecular weight excluding hydrogens is 460 g/mol. The molecule has 0 atom stereocenters. The number of hydrogen-bond acceptors (Lipinski definition) is 15. The summed E-state index contributed by atoms with van der Waals surface area (Å²) in [5.41, 5.74) is 0. The monoisotopic (exact) mass is 460 g/mol. The first-order valence-electron chi connectivity index (χ1n) is 3.06. The first kappa shape index (κ1) is 56.8. The van der Waals surface area contributed by atoms with Crippen LogP contribution in [-0.2, 0) is 34.1 Å². The second kappa shape index (κ2) is 49.5. The Labute approximate surface area is 185 Å². The molecule has 19 heteroatoms. The van der Waals surface area contributed by atoms with Crippen LogP contribution < -0.4 is 51.1 Å². The van der Waals surface area contributed by atoms with Crippen LogP contribution in [0.25, 0.3) is 0 Å². The maximum atomic E-state index is 8.33. The van der Waals surface area contributed by atoms with E-state index in [1.54, 1.807) is 0 Å². The summed E-state index contributed by atoms with van der Waals surface area (Å²) in [5, 5.41) is 83.3. The molecule has 0 saturated heterocycles. The van der Waals surface area contributed by atoms with Crippen LogP contribution in [0.4, 0.5) is 24.0 Å². The molecule has 15 nitrogen and oxygen atoms in total. The van der Waals surface area contributed by atoms with Crippen LogP contribution in [0.15, 0.2) is 0 Å². The fourth-order valence-electron chi connectivity index (χ4n) is 0. The first-order valence-corrected chi connectivity index (χ1v) is 3.06. The number of carbonyl (C=O) groups is 5. The normalized spacial score (nSPS) is 5.00. The zero-order valence-electron chi connectivity index (χ0n) is 10.7. The molecule has 0 bridgehead atoms. The minimum atomic E-state index is -2.33. The molecule has 0 spiro atoms. The standard InChI is InChI=1S/5CH2O3.2Fe.2Mg/c5*2-1(3)4;;;;/h5*(H2,2,3,4);;;;/q;;;;;2*+3;2*+2/p-10. The summed E-state index contributed by atoms with van der Waals surface area (Å²) in [4.78, 5) is 41.7. The van der Waals surface area contributed by atoms with Gasteiger partial charge in [-0.3, -0.25) is 0 Å². The minimum Gasteiger partial charge on any atom is -0.652 e. The van der Waals surface area contributed by atoms with Gasteiger partial charge in [0.05, 0.1) is 0 Å². The van der Waals surface area contributed by atoms with E-state index in [0.717, 1.165) is 0 Å². The average Bonchev–Trinajstić information content (AvgIpc) is 1.94. The Morgan fingerprint density at radius 2 is 0.333 bits per heavy atom. The van der Waals surface area contributed by atoms with Crippen LogP contribution in [0.5, 0.6) is 0 Å². The van der Waals surface area contributed by atoms with Crippen LogP contribution in [0, 0.1) is 0 Å². The molecule has 0 aromatic carbocycles. The molecule has 0 aliphatic carbocycles. The molecular formula is C5Fe2Mg2O15. The van der Waals surface area contributed by atoms with Crippen LogP contribution in [0.2, 0.25) is 0 Å². The number of rotatable bonds is 0. The maximum Gasteiger partial charge on any atom is 3.00 e. The van der Waals surface area contributed by atoms with Crippen molar-refractivity contribution in [3.05, 3.63) is 0 Å². The summed E-state index contributed by atoms with van der Waals surface area (Å²) in [6.45, 7) is 0. The first-order chi connectivity index (χ1) is 8.66. The van der Waals surface area contributed by atoms with Gasteiger partial charge in [-0.2, -0.15) is 0 Å². The second-order valence-electron chi connectivity index (χ2n) is 1.25. The molecule has 24 heavy (non-hydrogen) atoms. The van der Waals surface area contributed by atoms with E-state index in [9.17, 15) is 0 Å². The van der Waals surface area contributed by atoms with Gasteiger partial charge in [-0.25, -0.2) is 0 Å². The molecule has 0 unspecified atom stereocenters. The third kappa shape index (κ3) is 7140. The zero-order chi connectivity index (χ0) is 17.9. The number of carboxylic acid groups (broad SMARTS) is 10. The molecule has 0 N–H and O–H groups in total. The predicted octanol–water partition coefficient (Wildman–Crippen LogP) is -13.0. The van der Waals surface area contributed by atoms with Gasteiger partial charge >= 0.3 is 80.2 Å². The summed E-state index contributed by atoms with van der Waals surface area (Å²) in [6.07, 6.45) is -11.7. The Morgan fingerprint density at radius 3 is 0.333 bits per heavy atom. The van der Waals surface area contributed by atoms with Crippen molar-refractivity contribution in [2.45, 2.75) is 0 Å². The minimum absolute atomic E-state index is 0.